The molecule has 0 aliphatic rings. The molecule has 3 rings (SSSR count). The minimum atomic E-state index is -1.19. The average Bonchev–Trinajstić information content (AvgIpc) is 2.92. The van der Waals surface area contributed by atoms with E-state index in [2.05, 4.69) is 19.9 Å². The fourth-order valence-corrected chi connectivity index (χ4v) is 1.73. The molecule has 0 saturated heterocycles. The molecule has 21 heavy (non-hydrogen) atoms. The first-order valence-corrected chi connectivity index (χ1v) is 6.09. The molecule has 0 radical (unpaired) electrons. The highest BCUT2D eigenvalue weighted by molar-refractivity contribution is 7.71. The molecule has 0 saturated carbocycles. The second-order valence-electron chi connectivity index (χ2n) is 3.88. The summed E-state index contributed by atoms with van der Waals surface area (Å²) in [7, 11) is 0. The molecule has 0 spiro atoms. The van der Waals surface area contributed by atoms with E-state index in [0.29, 0.717) is 4.64 Å². The van der Waals surface area contributed by atoms with Gasteiger partial charge in [0.05, 0.1) is 18.3 Å². The van der Waals surface area contributed by atoms with Crippen molar-refractivity contribution in [3.63, 3.8) is 0 Å². The molecule has 0 fully saturated rings. The zero-order valence-corrected chi connectivity index (χ0v) is 11.4. The smallest absolute Gasteiger partial charge is 0.339 e. The van der Waals surface area contributed by atoms with Crippen molar-refractivity contribution in [2.75, 3.05) is 5.73 Å². The summed E-state index contributed by atoms with van der Waals surface area (Å²) in [5.41, 5.74) is 6.68. The maximum absolute atomic E-state index is 10.4. The number of nitrogens with two attached hydrogens (primary N) is 1. The van der Waals surface area contributed by atoms with Crippen molar-refractivity contribution in [1.29, 1.82) is 0 Å². The lowest BCUT2D eigenvalue weighted by atomic mass is 10.2. The van der Waals surface area contributed by atoms with E-state index in [1.807, 2.05) is 0 Å². The number of phenols is 1. The van der Waals surface area contributed by atoms with Gasteiger partial charge in [0.15, 0.2) is 16.0 Å². The quantitative estimate of drug-likeness (QED) is 0.261. The molecule has 0 bridgehead atoms. The van der Waals surface area contributed by atoms with E-state index >= 15 is 0 Å². The molecular weight excluding hydrogens is 294 g/mol. The van der Waals surface area contributed by atoms with Gasteiger partial charge in [0.1, 0.15) is 11.1 Å². The van der Waals surface area contributed by atoms with Gasteiger partial charge in [-0.3, -0.25) is 0 Å². The van der Waals surface area contributed by atoms with Gasteiger partial charge in [-0.25, -0.2) is 14.8 Å². The van der Waals surface area contributed by atoms with Gasteiger partial charge in [-0.15, -0.1) is 0 Å². The molecule has 0 amide bonds. The van der Waals surface area contributed by atoms with E-state index in [9.17, 15) is 4.79 Å². The zero-order chi connectivity index (χ0) is 15.4. The first kappa shape index (κ1) is 14.5. The highest BCUT2D eigenvalue weighted by Crippen LogP contribution is 2.23. The predicted molar refractivity (Wildman–Crippen MR) is 78.6 cm³/mol. The molecular formula is C12H11N5O3S. The Kier molecular flexibility index (Phi) is 4.14. The number of aromatic nitrogens is 4. The fraction of sp³-hybridized carbons (Fsp3) is 0. The number of nitrogens with zero attached hydrogens (tertiary/aromatic N) is 2. The number of aromatic carboxylic acids is 1. The van der Waals surface area contributed by atoms with Crippen LogP contribution in [-0.4, -0.2) is 36.1 Å². The van der Waals surface area contributed by atoms with Gasteiger partial charge < -0.3 is 25.9 Å². The van der Waals surface area contributed by atoms with Gasteiger partial charge in [-0.1, -0.05) is 18.3 Å². The highest BCUT2D eigenvalue weighted by Gasteiger charge is 2.09. The Morgan fingerprint density at radius 3 is 2.57 bits per heavy atom. The largest absolute Gasteiger partial charge is 0.505 e. The Bertz CT molecular complexity index is 842. The van der Waals surface area contributed by atoms with Crippen LogP contribution in [0.3, 0.4) is 0 Å². The minimum Gasteiger partial charge on any atom is -0.505 e. The molecule has 0 atom stereocenters. The molecule has 3 aromatic rings. The van der Waals surface area contributed by atoms with E-state index in [0.717, 1.165) is 11.2 Å². The van der Waals surface area contributed by atoms with E-state index in [4.69, 9.17) is 28.2 Å². The van der Waals surface area contributed by atoms with E-state index in [1.54, 1.807) is 6.33 Å². The van der Waals surface area contributed by atoms with Gasteiger partial charge in [0, 0.05) is 0 Å². The lowest BCUT2D eigenvalue weighted by molar-refractivity contribution is 0.0694. The summed E-state index contributed by atoms with van der Waals surface area (Å²) in [4.78, 5) is 23.9. The number of hydrogen-bond acceptors (Lipinski definition) is 6. The van der Waals surface area contributed by atoms with Crippen LogP contribution in [0, 0.1) is 4.64 Å². The van der Waals surface area contributed by atoms with Gasteiger partial charge >= 0.3 is 5.97 Å². The minimum absolute atomic E-state index is 0.0740. The Morgan fingerprint density at radius 1 is 1.24 bits per heavy atom. The lowest BCUT2D eigenvalue weighted by Gasteiger charge is -2.00. The van der Waals surface area contributed by atoms with Crippen molar-refractivity contribution in [2.24, 2.45) is 0 Å². The molecule has 0 aliphatic carbocycles. The summed E-state index contributed by atoms with van der Waals surface area (Å²) < 4.78 is 0.547. The molecule has 8 nitrogen and oxygen atoms in total. The van der Waals surface area contributed by atoms with Crippen LogP contribution in [0.5, 0.6) is 5.75 Å². The summed E-state index contributed by atoms with van der Waals surface area (Å²) in [6.45, 7) is 0. The number of nitrogen functional groups attached to an aromatic ring is 1. The summed E-state index contributed by atoms with van der Waals surface area (Å²) in [5.74, 6) is -1.56. The Balaban J connectivity index is 0.000000154. The first-order chi connectivity index (χ1) is 10.0. The average molecular weight is 305 g/mol. The number of carboxylic acids is 1. The number of H-pyrrole nitrogens is 2. The third-order valence-corrected chi connectivity index (χ3v) is 2.84. The second kappa shape index (κ2) is 6.01. The molecule has 2 heterocycles. The highest BCUT2D eigenvalue weighted by atomic mass is 32.1. The molecule has 108 valence electrons. The van der Waals surface area contributed by atoms with Crippen LogP contribution in [0.1, 0.15) is 10.4 Å². The summed E-state index contributed by atoms with van der Waals surface area (Å²) in [6.07, 6.45) is 3.12. The number of benzene rings is 1. The molecule has 2 aromatic heterocycles. The number of nitrogens with one attached hydrogen (secondary N) is 2. The molecule has 9 heteroatoms. The molecule has 0 unspecified atom stereocenters. The second-order valence-corrected chi connectivity index (χ2v) is 4.27. The first-order valence-electron chi connectivity index (χ1n) is 5.68. The number of fused-ring (bicyclic) bond motifs is 1. The molecule has 6 N–H and O–H groups in total. The van der Waals surface area contributed by atoms with Crippen molar-refractivity contribution in [3.8, 4) is 5.75 Å². The van der Waals surface area contributed by atoms with Crippen LogP contribution in [0.4, 0.5) is 5.69 Å². The van der Waals surface area contributed by atoms with E-state index in [-0.39, 0.29) is 17.0 Å². The van der Waals surface area contributed by atoms with Gasteiger partial charge in [-0.05, 0) is 12.1 Å². The number of carboxylic acid groups (broad SMARTS) is 1. The van der Waals surface area contributed by atoms with Crippen molar-refractivity contribution in [1.82, 2.24) is 19.9 Å². The maximum atomic E-state index is 10.4. The molecule has 1 aromatic carbocycles. The third kappa shape index (κ3) is 3.15. The number of hydrogen-bond donors (Lipinski definition) is 5. The molecule has 0 aliphatic heterocycles. The predicted octanol–water partition coefficient (Wildman–Crippen LogP) is 1.69. The summed E-state index contributed by atoms with van der Waals surface area (Å²) >= 11 is 4.91. The number of rotatable bonds is 1. The SMILES string of the molecule is Nc1cccc(C(=O)O)c1O.S=c1nc[nH]c2nc[nH]c12. The van der Waals surface area contributed by atoms with Crippen molar-refractivity contribution >= 4 is 35.0 Å². The third-order valence-electron chi connectivity index (χ3n) is 2.53. The maximum Gasteiger partial charge on any atom is 0.339 e. The van der Waals surface area contributed by atoms with Crippen LogP contribution in [0.25, 0.3) is 11.2 Å². The van der Waals surface area contributed by atoms with Crippen LogP contribution in [0.15, 0.2) is 30.9 Å². The lowest BCUT2D eigenvalue weighted by Crippen LogP contribution is -1.98. The number of imidazole rings is 1. The van der Waals surface area contributed by atoms with Crippen LogP contribution >= 0.6 is 12.2 Å². The zero-order valence-electron chi connectivity index (χ0n) is 10.6. The topological polar surface area (TPSA) is 141 Å². The van der Waals surface area contributed by atoms with Crippen LogP contribution < -0.4 is 5.73 Å². The normalized spacial score (nSPS) is 9.90. The standard InChI is InChI=1S/C7H7NO3.C5H4N4S/c8-5-3-1-2-4(6(5)9)7(10)11;10-5-3-4(7-1-6-3)8-2-9-5/h1-3,9H,8H2,(H,10,11);1-2H,(H2,6,7,8,9,10). The Labute approximate surface area is 123 Å². The number of carbonyl (C=O) groups is 1. The van der Waals surface area contributed by atoms with Crippen molar-refractivity contribution in [2.45, 2.75) is 0 Å². The van der Waals surface area contributed by atoms with Crippen LogP contribution in [0.2, 0.25) is 0 Å². The van der Waals surface area contributed by atoms with Crippen molar-refractivity contribution in [3.05, 3.63) is 41.1 Å². The van der Waals surface area contributed by atoms with Gasteiger partial charge in [0.2, 0.25) is 0 Å². The Hall–Kier alpha value is -2.94. The number of para-hydroxylation sites is 1. The fourth-order valence-electron chi connectivity index (χ4n) is 1.52. The number of aromatic amines is 2. The Morgan fingerprint density at radius 2 is 1.95 bits per heavy atom. The summed E-state index contributed by atoms with van der Waals surface area (Å²) in [6, 6.07) is 4.19. The number of aromatic hydroxyl groups is 1. The summed E-state index contributed by atoms with van der Waals surface area (Å²) in [5, 5.41) is 17.5. The van der Waals surface area contributed by atoms with Gasteiger partial charge in [-0.2, -0.15) is 0 Å². The van der Waals surface area contributed by atoms with Gasteiger partial charge in [0.25, 0.3) is 0 Å². The van der Waals surface area contributed by atoms with E-state index in [1.165, 1.54) is 24.5 Å². The monoisotopic (exact) mass is 305 g/mol. The van der Waals surface area contributed by atoms with E-state index < -0.39 is 5.97 Å². The van der Waals surface area contributed by atoms with Crippen LogP contribution in [-0.2, 0) is 0 Å². The number of anilines is 1. The van der Waals surface area contributed by atoms with Crippen molar-refractivity contribution < 1.29 is 15.0 Å².